The van der Waals surface area contributed by atoms with Crippen LogP contribution in [0.1, 0.15) is 12.5 Å². The Morgan fingerprint density at radius 1 is 1.47 bits per heavy atom. The van der Waals surface area contributed by atoms with Crippen molar-refractivity contribution in [2.24, 2.45) is 0 Å². The third-order valence-electron chi connectivity index (χ3n) is 2.61. The number of nitrogens with zero attached hydrogens (tertiary/aromatic N) is 1. The lowest BCUT2D eigenvalue weighted by Crippen LogP contribution is -2.42. The van der Waals surface area contributed by atoms with Crippen LogP contribution in [-0.2, 0) is 9.53 Å². The number of rotatable bonds is 5. The molecule has 17 heavy (non-hydrogen) atoms. The van der Waals surface area contributed by atoms with E-state index in [9.17, 15) is 4.79 Å². The Balaban J connectivity index is 3.06. The smallest absolute Gasteiger partial charge is 0.242 e. The van der Waals surface area contributed by atoms with Crippen LogP contribution in [0.5, 0.6) is 0 Å². The van der Waals surface area contributed by atoms with Gasteiger partial charge in [0.05, 0.1) is 12.6 Å². The van der Waals surface area contributed by atoms with Crippen molar-refractivity contribution in [3.05, 3.63) is 29.8 Å². The average Bonchev–Trinajstić information content (AvgIpc) is 2.32. The van der Waals surface area contributed by atoms with Crippen molar-refractivity contribution in [2.75, 3.05) is 24.5 Å². The van der Waals surface area contributed by atoms with Crippen LogP contribution in [0.15, 0.2) is 24.3 Å². The molecule has 1 rings (SSSR count). The van der Waals surface area contributed by atoms with E-state index >= 15 is 0 Å². The highest BCUT2D eigenvalue weighted by atomic mass is 35.5. The van der Waals surface area contributed by atoms with Gasteiger partial charge in [-0.05, 0) is 25.5 Å². The molecule has 0 aliphatic carbocycles. The van der Waals surface area contributed by atoms with Crippen molar-refractivity contribution in [1.29, 1.82) is 0 Å². The lowest BCUT2D eigenvalue weighted by atomic mass is 10.1. The molecule has 0 spiro atoms. The maximum atomic E-state index is 11.9. The molecule has 1 aromatic carbocycles. The third kappa shape index (κ3) is 3.45. The van der Waals surface area contributed by atoms with Gasteiger partial charge in [0, 0.05) is 12.8 Å². The monoisotopic (exact) mass is 255 g/mol. The maximum Gasteiger partial charge on any atom is 0.242 e. The Hall–Kier alpha value is -1.06. The summed E-state index contributed by atoms with van der Waals surface area (Å²) in [6.07, 6.45) is 0. The highest BCUT2D eigenvalue weighted by Crippen LogP contribution is 2.22. The Morgan fingerprint density at radius 3 is 2.65 bits per heavy atom. The summed E-state index contributed by atoms with van der Waals surface area (Å²) in [5, 5.41) is 0. The topological polar surface area (TPSA) is 29.5 Å². The van der Waals surface area contributed by atoms with Crippen molar-refractivity contribution in [3.8, 4) is 0 Å². The average molecular weight is 256 g/mol. The van der Waals surface area contributed by atoms with Crippen molar-refractivity contribution >= 4 is 23.2 Å². The predicted molar refractivity (Wildman–Crippen MR) is 70.7 cm³/mol. The predicted octanol–water partition coefficient (Wildman–Crippen LogP) is 2.60. The molecule has 0 aromatic heterocycles. The second-order valence-corrected chi connectivity index (χ2v) is 4.26. The molecule has 0 aliphatic heterocycles. The van der Waals surface area contributed by atoms with Crippen molar-refractivity contribution in [2.45, 2.75) is 19.9 Å². The van der Waals surface area contributed by atoms with Crippen LogP contribution >= 0.6 is 11.6 Å². The van der Waals surface area contributed by atoms with Gasteiger partial charge in [-0.1, -0.05) is 18.2 Å². The second kappa shape index (κ2) is 6.62. The molecule has 1 aromatic rings. The van der Waals surface area contributed by atoms with E-state index in [0.717, 1.165) is 11.3 Å². The molecule has 0 N–H and O–H groups in total. The highest BCUT2D eigenvalue weighted by Gasteiger charge is 2.22. The molecule has 0 fully saturated rings. The van der Waals surface area contributed by atoms with Gasteiger partial charge in [0.1, 0.15) is 5.88 Å². The lowest BCUT2D eigenvalue weighted by Gasteiger charge is -2.29. The minimum atomic E-state index is -0.106. The first-order valence-corrected chi connectivity index (χ1v) is 6.07. The molecular formula is C13H18ClNO2. The number of carbonyl (C=O) groups is 1. The Labute approximate surface area is 107 Å². The van der Waals surface area contributed by atoms with E-state index in [2.05, 4.69) is 0 Å². The fourth-order valence-corrected chi connectivity index (χ4v) is 1.96. The molecule has 3 nitrogen and oxygen atoms in total. The summed E-state index contributed by atoms with van der Waals surface area (Å²) in [6.45, 7) is 4.40. The van der Waals surface area contributed by atoms with E-state index in [1.165, 1.54) is 0 Å². The molecule has 0 radical (unpaired) electrons. The number of alkyl halides is 1. The third-order valence-corrected chi connectivity index (χ3v) is 2.84. The number of benzene rings is 1. The molecular weight excluding hydrogens is 238 g/mol. The number of hydrogen-bond donors (Lipinski definition) is 0. The van der Waals surface area contributed by atoms with Gasteiger partial charge in [0.15, 0.2) is 0 Å². The quantitative estimate of drug-likeness (QED) is 0.757. The van der Waals surface area contributed by atoms with Crippen molar-refractivity contribution in [3.63, 3.8) is 0 Å². The summed E-state index contributed by atoms with van der Waals surface area (Å²) in [7, 11) is 1.62. The fraction of sp³-hybridized carbons (Fsp3) is 0.462. The molecule has 1 unspecified atom stereocenters. The Kier molecular flexibility index (Phi) is 5.45. The first kappa shape index (κ1) is 14.0. The first-order valence-electron chi connectivity index (χ1n) is 5.54. The number of methoxy groups -OCH3 is 1. The van der Waals surface area contributed by atoms with Gasteiger partial charge in [0.25, 0.3) is 0 Å². The van der Waals surface area contributed by atoms with E-state index in [-0.39, 0.29) is 17.8 Å². The van der Waals surface area contributed by atoms with Gasteiger partial charge < -0.3 is 9.64 Å². The van der Waals surface area contributed by atoms with Gasteiger partial charge in [-0.2, -0.15) is 0 Å². The maximum absolute atomic E-state index is 11.9. The van der Waals surface area contributed by atoms with Gasteiger partial charge in [-0.15, -0.1) is 11.6 Å². The number of anilines is 1. The van der Waals surface area contributed by atoms with Crippen molar-refractivity contribution in [1.82, 2.24) is 0 Å². The van der Waals surface area contributed by atoms with E-state index in [1.807, 2.05) is 38.1 Å². The molecule has 0 saturated carbocycles. The molecule has 0 heterocycles. The number of para-hydroxylation sites is 1. The SMILES string of the molecule is COCC(C)N(C(=O)CCl)c1ccccc1C. The van der Waals surface area contributed by atoms with Crippen LogP contribution in [0.25, 0.3) is 0 Å². The zero-order valence-electron chi connectivity index (χ0n) is 10.4. The van der Waals surface area contributed by atoms with E-state index in [4.69, 9.17) is 16.3 Å². The van der Waals surface area contributed by atoms with E-state index in [0.29, 0.717) is 6.61 Å². The van der Waals surface area contributed by atoms with Crippen LogP contribution in [-0.4, -0.2) is 31.5 Å². The number of carbonyl (C=O) groups excluding carboxylic acids is 1. The Morgan fingerprint density at radius 2 is 2.12 bits per heavy atom. The number of hydrogen-bond acceptors (Lipinski definition) is 2. The molecule has 1 atom stereocenters. The van der Waals surface area contributed by atoms with Crippen LogP contribution in [0, 0.1) is 6.92 Å². The summed E-state index contributed by atoms with van der Waals surface area (Å²) in [4.78, 5) is 13.6. The van der Waals surface area contributed by atoms with Gasteiger partial charge in [0.2, 0.25) is 5.91 Å². The van der Waals surface area contributed by atoms with Crippen molar-refractivity contribution < 1.29 is 9.53 Å². The molecule has 4 heteroatoms. The summed E-state index contributed by atoms with van der Waals surface area (Å²) in [5.74, 6) is -0.131. The van der Waals surface area contributed by atoms with Gasteiger partial charge in [-0.25, -0.2) is 0 Å². The molecule has 0 bridgehead atoms. The number of ether oxygens (including phenoxy) is 1. The molecule has 94 valence electrons. The summed E-state index contributed by atoms with van der Waals surface area (Å²) < 4.78 is 5.10. The zero-order valence-corrected chi connectivity index (χ0v) is 11.2. The molecule has 0 aliphatic rings. The van der Waals surface area contributed by atoms with E-state index in [1.54, 1.807) is 12.0 Å². The highest BCUT2D eigenvalue weighted by molar-refractivity contribution is 6.29. The summed E-state index contributed by atoms with van der Waals surface area (Å²) in [6, 6.07) is 7.72. The first-order chi connectivity index (χ1) is 8.11. The number of amides is 1. The van der Waals surface area contributed by atoms with E-state index < -0.39 is 0 Å². The van der Waals surface area contributed by atoms with Gasteiger partial charge in [-0.3, -0.25) is 4.79 Å². The van der Waals surface area contributed by atoms with Crippen LogP contribution in [0.3, 0.4) is 0 Å². The Bertz CT molecular complexity index is 381. The van der Waals surface area contributed by atoms with Crippen LogP contribution in [0.4, 0.5) is 5.69 Å². The molecule has 1 amide bonds. The normalized spacial score (nSPS) is 12.2. The van der Waals surface area contributed by atoms with Gasteiger partial charge >= 0.3 is 0 Å². The number of halogens is 1. The van der Waals surface area contributed by atoms with Crippen LogP contribution < -0.4 is 4.90 Å². The minimum absolute atomic E-state index is 0.0254. The lowest BCUT2D eigenvalue weighted by molar-refractivity contribution is -0.116. The second-order valence-electron chi connectivity index (χ2n) is 3.99. The number of aryl methyl sites for hydroxylation is 1. The zero-order chi connectivity index (χ0) is 12.8. The minimum Gasteiger partial charge on any atom is -0.383 e. The largest absolute Gasteiger partial charge is 0.383 e. The molecule has 0 saturated heterocycles. The standard InChI is InChI=1S/C13H18ClNO2/c1-10-6-4-5-7-12(10)15(13(16)8-14)11(2)9-17-3/h4-7,11H,8-9H2,1-3H3. The van der Waals surface area contributed by atoms with Crippen LogP contribution in [0.2, 0.25) is 0 Å². The summed E-state index contributed by atoms with van der Waals surface area (Å²) >= 11 is 5.66. The summed E-state index contributed by atoms with van der Waals surface area (Å²) in [5.41, 5.74) is 1.94. The fourth-order valence-electron chi connectivity index (χ4n) is 1.83.